The fourth-order valence-corrected chi connectivity index (χ4v) is 4.76. The third-order valence-corrected chi connectivity index (χ3v) is 6.63. The second kappa shape index (κ2) is 11.2. The molecule has 0 radical (unpaired) electrons. The Labute approximate surface area is 227 Å². The van der Waals surface area contributed by atoms with Gasteiger partial charge in [0.05, 0.1) is 17.3 Å². The molecular formula is C32H32F2N4O. The highest BCUT2D eigenvalue weighted by molar-refractivity contribution is 5.96. The van der Waals surface area contributed by atoms with Crippen molar-refractivity contribution in [1.82, 2.24) is 14.9 Å². The van der Waals surface area contributed by atoms with Crippen LogP contribution in [0.25, 0.3) is 17.1 Å². The zero-order valence-electron chi connectivity index (χ0n) is 22.8. The third-order valence-electron chi connectivity index (χ3n) is 6.63. The highest BCUT2D eigenvalue weighted by Crippen LogP contribution is 2.37. The zero-order chi connectivity index (χ0) is 28.3. The Balaban J connectivity index is 1.95. The van der Waals surface area contributed by atoms with Crippen LogP contribution in [0.15, 0.2) is 60.7 Å². The quantitative estimate of drug-likeness (QED) is 0.264. The van der Waals surface area contributed by atoms with E-state index in [0.717, 1.165) is 28.8 Å². The van der Waals surface area contributed by atoms with Gasteiger partial charge in [-0.15, -0.1) is 0 Å². The lowest BCUT2D eigenvalue weighted by Crippen LogP contribution is -2.25. The minimum atomic E-state index is -0.576. The summed E-state index contributed by atoms with van der Waals surface area (Å²) in [6.07, 6.45) is 3.86. The average Bonchev–Trinajstić information content (AvgIpc) is 3.17. The second-order valence-corrected chi connectivity index (χ2v) is 11.0. The van der Waals surface area contributed by atoms with Gasteiger partial charge in [0.2, 0.25) is 5.91 Å². The topological polar surface area (TPSA) is 70.7 Å². The number of halogens is 2. The smallest absolute Gasteiger partial charge is 0.244 e. The summed E-state index contributed by atoms with van der Waals surface area (Å²) in [6, 6.07) is 15.8. The first kappa shape index (κ1) is 27.7. The molecule has 0 spiro atoms. The fraction of sp³-hybridized carbons (Fsp3) is 0.281. The van der Waals surface area contributed by atoms with Gasteiger partial charge < -0.3 is 9.88 Å². The van der Waals surface area contributed by atoms with Crippen molar-refractivity contribution in [2.75, 3.05) is 6.54 Å². The zero-order valence-corrected chi connectivity index (χ0v) is 22.8. The summed E-state index contributed by atoms with van der Waals surface area (Å²) in [4.78, 5) is 17.6. The molecule has 2 aromatic carbocycles. The lowest BCUT2D eigenvalue weighted by molar-refractivity contribution is -0.116. The molecule has 7 heteroatoms. The predicted molar refractivity (Wildman–Crippen MR) is 150 cm³/mol. The monoisotopic (exact) mass is 526 g/mol. The maximum Gasteiger partial charge on any atom is 0.244 e. The van der Waals surface area contributed by atoms with Gasteiger partial charge in [-0.1, -0.05) is 45.0 Å². The molecule has 2 heterocycles. The van der Waals surface area contributed by atoms with Crippen molar-refractivity contribution in [3.05, 3.63) is 106 Å². The van der Waals surface area contributed by atoms with Crippen LogP contribution >= 0.6 is 0 Å². The van der Waals surface area contributed by atoms with Crippen molar-refractivity contribution in [3.8, 4) is 6.07 Å². The van der Waals surface area contributed by atoms with Crippen LogP contribution in [-0.4, -0.2) is 22.0 Å². The second-order valence-electron chi connectivity index (χ2n) is 11.0. The van der Waals surface area contributed by atoms with Gasteiger partial charge in [-0.3, -0.25) is 4.79 Å². The SMILES string of the molecule is Cc1cc(C)c2c(C#N)c(C=CC(=O)NCCC(C)(C)C)n(C(c3ccc(F)cc3)c3ccc(F)cc3)c2n1. The van der Waals surface area contributed by atoms with Gasteiger partial charge in [-0.05, 0) is 78.8 Å². The number of hydrogen-bond acceptors (Lipinski definition) is 3. The van der Waals surface area contributed by atoms with Crippen molar-refractivity contribution in [2.45, 2.75) is 47.1 Å². The molecule has 4 rings (SSSR count). The number of fused-ring (bicyclic) bond motifs is 1. The van der Waals surface area contributed by atoms with E-state index in [4.69, 9.17) is 4.98 Å². The molecule has 200 valence electrons. The lowest BCUT2D eigenvalue weighted by atomic mass is 9.92. The first-order chi connectivity index (χ1) is 18.5. The van der Waals surface area contributed by atoms with Crippen LogP contribution in [0.1, 0.15) is 66.9 Å². The molecule has 0 bridgehead atoms. The van der Waals surface area contributed by atoms with Gasteiger partial charge in [0.1, 0.15) is 23.4 Å². The van der Waals surface area contributed by atoms with Crippen LogP contribution in [0.2, 0.25) is 0 Å². The van der Waals surface area contributed by atoms with Crippen LogP contribution in [-0.2, 0) is 4.79 Å². The molecule has 0 atom stereocenters. The van der Waals surface area contributed by atoms with Crippen LogP contribution < -0.4 is 5.32 Å². The Kier molecular flexibility index (Phi) is 7.96. The molecule has 39 heavy (non-hydrogen) atoms. The van der Waals surface area contributed by atoms with E-state index in [0.29, 0.717) is 28.8 Å². The van der Waals surface area contributed by atoms with E-state index in [1.165, 1.54) is 30.3 Å². The molecule has 1 amide bonds. The number of nitrogens with one attached hydrogen (secondary N) is 1. The number of nitriles is 1. The molecule has 0 saturated carbocycles. The first-order valence-corrected chi connectivity index (χ1v) is 12.9. The summed E-state index contributed by atoms with van der Waals surface area (Å²) in [5.41, 5.74) is 4.56. The third kappa shape index (κ3) is 6.23. The summed E-state index contributed by atoms with van der Waals surface area (Å²) in [5.74, 6) is -1.05. The minimum Gasteiger partial charge on any atom is -0.353 e. The van der Waals surface area contributed by atoms with E-state index < -0.39 is 6.04 Å². The van der Waals surface area contributed by atoms with Crippen LogP contribution in [0.4, 0.5) is 8.78 Å². The first-order valence-electron chi connectivity index (χ1n) is 12.9. The number of benzene rings is 2. The lowest BCUT2D eigenvalue weighted by Gasteiger charge is -2.23. The average molecular weight is 527 g/mol. The van der Waals surface area contributed by atoms with E-state index in [2.05, 4.69) is 32.2 Å². The van der Waals surface area contributed by atoms with Crippen molar-refractivity contribution >= 4 is 23.0 Å². The number of carbonyl (C=O) groups is 1. The molecule has 2 aromatic heterocycles. The Morgan fingerprint density at radius 3 is 2.13 bits per heavy atom. The normalized spacial score (nSPS) is 11.9. The molecular weight excluding hydrogens is 494 g/mol. The predicted octanol–water partition coefficient (Wildman–Crippen LogP) is 7.01. The molecule has 0 aliphatic carbocycles. The Hall–Kier alpha value is -4.31. The molecule has 0 aliphatic heterocycles. The molecule has 0 fully saturated rings. The Morgan fingerprint density at radius 1 is 1.05 bits per heavy atom. The molecule has 0 aliphatic rings. The number of pyridine rings is 1. The van der Waals surface area contributed by atoms with Gasteiger partial charge in [-0.2, -0.15) is 5.26 Å². The van der Waals surface area contributed by atoms with Gasteiger partial charge in [0, 0.05) is 23.7 Å². The van der Waals surface area contributed by atoms with Gasteiger partial charge in [0.25, 0.3) is 0 Å². The fourth-order valence-electron chi connectivity index (χ4n) is 4.76. The van der Waals surface area contributed by atoms with Crippen molar-refractivity contribution < 1.29 is 13.6 Å². The van der Waals surface area contributed by atoms with Crippen LogP contribution in [0.5, 0.6) is 0 Å². The van der Waals surface area contributed by atoms with Gasteiger partial charge >= 0.3 is 0 Å². The number of nitrogens with zero attached hydrogens (tertiary/aromatic N) is 3. The summed E-state index contributed by atoms with van der Waals surface area (Å²) in [6.45, 7) is 10.6. The van der Waals surface area contributed by atoms with E-state index in [-0.39, 0.29) is 23.0 Å². The number of rotatable bonds is 7. The maximum atomic E-state index is 13.9. The van der Waals surface area contributed by atoms with Gasteiger partial charge in [-0.25, -0.2) is 13.8 Å². The van der Waals surface area contributed by atoms with Crippen molar-refractivity contribution in [1.29, 1.82) is 5.26 Å². The number of aromatic nitrogens is 2. The molecule has 1 N–H and O–H groups in total. The highest BCUT2D eigenvalue weighted by atomic mass is 19.1. The van der Waals surface area contributed by atoms with E-state index in [1.54, 1.807) is 30.3 Å². The Morgan fingerprint density at radius 2 is 1.62 bits per heavy atom. The maximum absolute atomic E-state index is 13.9. The van der Waals surface area contributed by atoms with Gasteiger partial charge in [0.15, 0.2) is 0 Å². The van der Waals surface area contributed by atoms with Crippen LogP contribution in [0.3, 0.4) is 0 Å². The van der Waals surface area contributed by atoms with E-state index in [9.17, 15) is 18.8 Å². The summed E-state index contributed by atoms with van der Waals surface area (Å²) < 4.78 is 29.7. The highest BCUT2D eigenvalue weighted by Gasteiger charge is 2.27. The summed E-state index contributed by atoms with van der Waals surface area (Å²) in [7, 11) is 0. The standard InChI is InChI=1S/C32H32F2N4O/c1-20-18-21(2)37-31-29(20)26(19-35)27(14-15-28(39)36-17-16-32(3,4)5)38(31)30(22-6-10-24(33)11-7-22)23-8-12-25(34)13-9-23/h6-15,18,30H,16-17H2,1-5H3,(H,36,39). The Bertz CT molecular complexity index is 1530. The number of amides is 1. The number of hydrogen-bond donors (Lipinski definition) is 1. The number of aryl methyl sites for hydroxylation is 2. The summed E-state index contributed by atoms with van der Waals surface area (Å²) in [5, 5.41) is 13.9. The number of carbonyl (C=O) groups excluding carboxylic acids is 1. The minimum absolute atomic E-state index is 0.0794. The largest absolute Gasteiger partial charge is 0.353 e. The molecule has 5 nitrogen and oxygen atoms in total. The van der Waals surface area contributed by atoms with E-state index in [1.807, 2.05) is 24.5 Å². The molecule has 0 saturated heterocycles. The van der Waals surface area contributed by atoms with Crippen molar-refractivity contribution in [3.63, 3.8) is 0 Å². The van der Waals surface area contributed by atoms with Crippen LogP contribution in [0, 0.1) is 42.2 Å². The molecule has 0 unspecified atom stereocenters. The summed E-state index contributed by atoms with van der Waals surface area (Å²) >= 11 is 0. The van der Waals surface area contributed by atoms with E-state index >= 15 is 0 Å². The molecule has 4 aromatic rings. The van der Waals surface area contributed by atoms with Crippen molar-refractivity contribution in [2.24, 2.45) is 5.41 Å².